The summed E-state index contributed by atoms with van der Waals surface area (Å²) in [6, 6.07) is 2.15. The molecule has 0 amide bonds. The second kappa shape index (κ2) is 5.93. The average Bonchev–Trinajstić information content (AvgIpc) is 2.90. The van der Waals surface area contributed by atoms with Crippen molar-refractivity contribution >= 4 is 11.3 Å². The molecule has 0 aliphatic rings. The molecule has 5 heteroatoms. The van der Waals surface area contributed by atoms with Crippen molar-refractivity contribution in [3.63, 3.8) is 0 Å². The van der Waals surface area contributed by atoms with Crippen molar-refractivity contribution in [3.05, 3.63) is 34.0 Å². The summed E-state index contributed by atoms with van der Waals surface area (Å²) < 4.78 is 1.97. The first-order valence-corrected chi connectivity index (χ1v) is 6.79. The van der Waals surface area contributed by atoms with Gasteiger partial charge in [-0.25, -0.2) is 9.67 Å². The van der Waals surface area contributed by atoms with Gasteiger partial charge < -0.3 is 5.32 Å². The Kier molecular flexibility index (Phi) is 4.28. The molecule has 17 heavy (non-hydrogen) atoms. The monoisotopic (exact) mass is 250 g/mol. The zero-order valence-corrected chi connectivity index (χ0v) is 11.1. The maximum atomic E-state index is 4.27. The van der Waals surface area contributed by atoms with E-state index in [1.807, 2.05) is 4.68 Å². The minimum atomic E-state index is 0.775. The van der Waals surface area contributed by atoms with Gasteiger partial charge in [0.05, 0.1) is 6.54 Å². The van der Waals surface area contributed by atoms with Crippen LogP contribution in [-0.4, -0.2) is 14.8 Å². The maximum absolute atomic E-state index is 4.27. The van der Waals surface area contributed by atoms with Crippen LogP contribution in [0.25, 0.3) is 0 Å². The van der Waals surface area contributed by atoms with E-state index in [9.17, 15) is 0 Å². The lowest BCUT2D eigenvalue weighted by molar-refractivity contribution is 0.543. The third-order valence-electron chi connectivity index (χ3n) is 2.67. The van der Waals surface area contributed by atoms with Crippen molar-refractivity contribution in [2.75, 3.05) is 0 Å². The van der Waals surface area contributed by atoms with Crippen LogP contribution in [0.3, 0.4) is 0 Å². The number of nitrogens with zero attached hydrogens (tertiary/aromatic N) is 3. The number of thiophene rings is 1. The molecule has 2 aromatic heterocycles. The van der Waals surface area contributed by atoms with Gasteiger partial charge in [0.1, 0.15) is 12.2 Å². The van der Waals surface area contributed by atoms with Gasteiger partial charge in [0.25, 0.3) is 0 Å². The summed E-state index contributed by atoms with van der Waals surface area (Å²) >= 11 is 1.80. The second-order valence-electron chi connectivity index (χ2n) is 4.03. The van der Waals surface area contributed by atoms with Gasteiger partial charge in [0.15, 0.2) is 0 Å². The molecule has 0 bridgehead atoms. The zero-order chi connectivity index (χ0) is 12.1. The van der Waals surface area contributed by atoms with E-state index < -0.39 is 0 Å². The number of rotatable bonds is 6. The highest BCUT2D eigenvalue weighted by atomic mass is 32.1. The molecule has 2 heterocycles. The van der Waals surface area contributed by atoms with Gasteiger partial charge in [-0.1, -0.05) is 6.92 Å². The number of aromatic nitrogens is 3. The third kappa shape index (κ3) is 3.14. The van der Waals surface area contributed by atoms with Crippen molar-refractivity contribution in [3.8, 4) is 0 Å². The lowest BCUT2D eigenvalue weighted by atomic mass is 10.3. The predicted molar refractivity (Wildman–Crippen MR) is 69.9 cm³/mol. The Morgan fingerprint density at radius 1 is 1.41 bits per heavy atom. The first-order chi connectivity index (χ1) is 8.31. The van der Waals surface area contributed by atoms with Gasteiger partial charge in [-0.05, 0) is 30.4 Å². The summed E-state index contributed by atoms with van der Waals surface area (Å²) in [5.41, 5.74) is 1.36. The summed E-state index contributed by atoms with van der Waals surface area (Å²) in [7, 11) is 0. The van der Waals surface area contributed by atoms with Crippen molar-refractivity contribution < 1.29 is 0 Å². The molecular formula is C12H18N4S. The van der Waals surface area contributed by atoms with Crippen LogP contribution in [-0.2, 0) is 19.6 Å². The number of nitrogens with one attached hydrogen (secondary N) is 1. The molecule has 1 N–H and O–H groups in total. The third-order valence-corrected chi connectivity index (χ3v) is 3.69. The topological polar surface area (TPSA) is 42.7 Å². The van der Waals surface area contributed by atoms with Gasteiger partial charge in [-0.3, -0.25) is 0 Å². The molecule has 0 radical (unpaired) electrons. The molecule has 0 atom stereocenters. The molecule has 92 valence electrons. The highest BCUT2D eigenvalue weighted by Crippen LogP contribution is 2.14. The number of hydrogen-bond acceptors (Lipinski definition) is 4. The fraction of sp³-hybridized carbons (Fsp3) is 0.500. The number of hydrogen-bond donors (Lipinski definition) is 1. The Hall–Kier alpha value is -1.20. The Balaban J connectivity index is 1.86. The van der Waals surface area contributed by atoms with E-state index in [0.29, 0.717) is 0 Å². The normalized spacial score (nSPS) is 10.9. The fourth-order valence-corrected chi connectivity index (χ4v) is 2.57. The van der Waals surface area contributed by atoms with E-state index in [2.05, 4.69) is 40.7 Å². The van der Waals surface area contributed by atoms with Crippen LogP contribution >= 0.6 is 11.3 Å². The lowest BCUT2D eigenvalue weighted by Crippen LogP contribution is -2.17. The highest BCUT2D eigenvalue weighted by Gasteiger charge is 2.04. The first-order valence-electron chi connectivity index (χ1n) is 5.91. The van der Waals surface area contributed by atoms with Gasteiger partial charge >= 0.3 is 0 Å². The minimum Gasteiger partial charge on any atom is -0.305 e. The van der Waals surface area contributed by atoms with Crippen LogP contribution in [0.5, 0.6) is 0 Å². The molecule has 2 rings (SSSR count). The van der Waals surface area contributed by atoms with Crippen LogP contribution in [0.15, 0.2) is 17.8 Å². The van der Waals surface area contributed by atoms with Gasteiger partial charge in [-0.2, -0.15) is 5.10 Å². The van der Waals surface area contributed by atoms with E-state index in [1.165, 1.54) is 10.4 Å². The quantitative estimate of drug-likeness (QED) is 0.855. The molecule has 2 aromatic rings. The summed E-state index contributed by atoms with van der Waals surface area (Å²) in [4.78, 5) is 5.66. The molecule has 0 unspecified atom stereocenters. The first kappa shape index (κ1) is 12.3. The van der Waals surface area contributed by atoms with Gasteiger partial charge in [0, 0.05) is 18.0 Å². The molecule has 0 aliphatic carbocycles. The van der Waals surface area contributed by atoms with E-state index in [-0.39, 0.29) is 0 Å². The lowest BCUT2D eigenvalue weighted by Gasteiger charge is -2.06. The van der Waals surface area contributed by atoms with Gasteiger partial charge in [-0.15, -0.1) is 11.3 Å². The van der Waals surface area contributed by atoms with E-state index >= 15 is 0 Å². The predicted octanol–water partition coefficient (Wildman–Crippen LogP) is 2.35. The van der Waals surface area contributed by atoms with Crippen molar-refractivity contribution in [2.24, 2.45) is 0 Å². The Bertz CT molecular complexity index is 461. The fourth-order valence-electron chi connectivity index (χ4n) is 1.70. The Labute approximate surface area is 106 Å². The highest BCUT2D eigenvalue weighted by molar-refractivity contribution is 7.10. The molecule has 0 saturated heterocycles. The maximum Gasteiger partial charge on any atom is 0.140 e. The van der Waals surface area contributed by atoms with Crippen LogP contribution in [0.1, 0.15) is 29.6 Å². The molecule has 0 saturated carbocycles. The number of aryl methyl sites for hydroxylation is 2. The van der Waals surface area contributed by atoms with Crippen molar-refractivity contribution in [1.29, 1.82) is 0 Å². The summed E-state index contributed by atoms with van der Waals surface area (Å²) in [6.07, 6.45) is 2.71. The molecule has 0 spiro atoms. The second-order valence-corrected chi connectivity index (χ2v) is 5.03. The van der Waals surface area contributed by atoms with Crippen molar-refractivity contribution in [2.45, 2.75) is 39.9 Å². The Morgan fingerprint density at radius 2 is 2.29 bits per heavy atom. The molecule has 0 aromatic carbocycles. The van der Waals surface area contributed by atoms with Crippen LogP contribution in [0, 0.1) is 6.92 Å². The molecule has 0 aliphatic heterocycles. The van der Waals surface area contributed by atoms with E-state index in [4.69, 9.17) is 0 Å². The van der Waals surface area contributed by atoms with E-state index in [1.54, 1.807) is 17.7 Å². The minimum absolute atomic E-state index is 0.775. The summed E-state index contributed by atoms with van der Waals surface area (Å²) in [5.74, 6) is 1.01. The SMILES string of the molecule is CCCn1ncnc1CNCc1sccc1C. The van der Waals surface area contributed by atoms with E-state index in [0.717, 1.165) is 31.9 Å². The summed E-state index contributed by atoms with van der Waals surface area (Å²) in [5, 5.41) is 9.76. The van der Waals surface area contributed by atoms with Crippen molar-refractivity contribution in [1.82, 2.24) is 20.1 Å². The Morgan fingerprint density at radius 3 is 3.00 bits per heavy atom. The molecule has 4 nitrogen and oxygen atoms in total. The van der Waals surface area contributed by atoms with Gasteiger partial charge in [0.2, 0.25) is 0 Å². The largest absolute Gasteiger partial charge is 0.305 e. The molecule has 0 fully saturated rings. The van der Waals surface area contributed by atoms with Crippen LogP contribution < -0.4 is 5.32 Å². The zero-order valence-electron chi connectivity index (χ0n) is 10.3. The standard InChI is InChI=1S/C12H18N4S/c1-3-5-16-12(14-9-15-16)8-13-7-11-10(2)4-6-17-11/h4,6,9,13H,3,5,7-8H2,1-2H3. The van der Waals surface area contributed by atoms with Crippen LogP contribution in [0.4, 0.5) is 0 Å². The average molecular weight is 250 g/mol. The molecular weight excluding hydrogens is 232 g/mol. The van der Waals surface area contributed by atoms with Crippen LogP contribution in [0.2, 0.25) is 0 Å². The summed E-state index contributed by atoms with van der Waals surface area (Å²) in [6.45, 7) is 6.91. The smallest absolute Gasteiger partial charge is 0.140 e.